The number of fused-ring (bicyclic) bond motifs is 1. The number of anilines is 2. The molecule has 0 bridgehead atoms. The topological polar surface area (TPSA) is 58.2 Å². The molecule has 0 radical (unpaired) electrons. The lowest BCUT2D eigenvalue weighted by molar-refractivity contribution is -0.116. The number of hydrogen-bond donors (Lipinski definition) is 2. The molecule has 0 unspecified atom stereocenters. The molecule has 5 heteroatoms. The van der Waals surface area contributed by atoms with E-state index in [0.717, 1.165) is 27.0 Å². The minimum atomic E-state index is -0.0784. The Kier molecular flexibility index (Phi) is 3.75. The number of carbonyl (C=O) groups is 2. The van der Waals surface area contributed by atoms with Crippen molar-refractivity contribution in [2.45, 2.75) is 12.8 Å². The van der Waals surface area contributed by atoms with Crippen LogP contribution < -0.4 is 10.6 Å². The Morgan fingerprint density at radius 1 is 1.24 bits per heavy atom. The van der Waals surface area contributed by atoms with Gasteiger partial charge in [0.2, 0.25) is 11.8 Å². The Bertz CT molecular complexity index is 728. The first kappa shape index (κ1) is 13.8. The molecule has 1 heterocycles. The molecule has 0 saturated carbocycles. The van der Waals surface area contributed by atoms with Crippen LogP contribution in [0.5, 0.6) is 0 Å². The molecule has 0 saturated heterocycles. The molecule has 2 aromatic carbocycles. The van der Waals surface area contributed by atoms with E-state index in [2.05, 4.69) is 26.6 Å². The van der Waals surface area contributed by atoms with E-state index in [9.17, 15) is 9.59 Å². The van der Waals surface area contributed by atoms with Gasteiger partial charge >= 0.3 is 0 Å². The molecule has 0 aliphatic carbocycles. The van der Waals surface area contributed by atoms with E-state index in [-0.39, 0.29) is 18.2 Å². The monoisotopic (exact) mass is 344 g/mol. The van der Waals surface area contributed by atoms with Crippen molar-refractivity contribution in [2.24, 2.45) is 0 Å². The first-order chi connectivity index (χ1) is 10.1. The highest BCUT2D eigenvalue weighted by Gasteiger charge is 2.17. The van der Waals surface area contributed by atoms with Gasteiger partial charge in [0, 0.05) is 15.8 Å². The summed E-state index contributed by atoms with van der Waals surface area (Å²) in [6.45, 7) is 0. The molecule has 0 fully saturated rings. The van der Waals surface area contributed by atoms with Gasteiger partial charge in [-0.15, -0.1) is 0 Å². The van der Waals surface area contributed by atoms with Crippen LogP contribution in [0.1, 0.15) is 11.1 Å². The molecule has 21 heavy (non-hydrogen) atoms. The number of carbonyl (C=O) groups excluding carboxylic acids is 2. The highest BCUT2D eigenvalue weighted by Crippen LogP contribution is 2.24. The van der Waals surface area contributed by atoms with Crippen molar-refractivity contribution in [3.63, 3.8) is 0 Å². The second kappa shape index (κ2) is 5.69. The highest BCUT2D eigenvalue weighted by atomic mass is 79.9. The van der Waals surface area contributed by atoms with Gasteiger partial charge in [-0.25, -0.2) is 0 Å². The molecule has 1 aliphatic heterocycles. The molecule has 1 aliphatic rings. The minimum absolute atomic E-state index is 0.000683. The molecule has 0 aromatic heterocycles. The Balaban J connectivity index is 1.68. The van der Waals surface area contributed by atoms with Gasteiger partial charge in [-0.05, 0) is 35.4 Å². The van der Waals surface area contributed by atoms with Gasteiger partial charge in [0.1, 0.15) is 0 Å². The average molecular weight is 345 g/mol. The lowest BCUT2D eigenvalue weighted by atomic mass is 10.1. The Labute approximate surface area is 130 Å². The number of benzene rings is 2. The van der Waals surface area contributed by atoms with E-state index in [1.54, 1.807) is 0 Å². The maximum absolute atomic E-state index is 12.0. The smallest absolute Gasteiger partial charge is 0.228 e. The lowest BCUT2D eigenvalue weighted by Crippen LogP contribution is -2.14. The molecule has 4 nitrogen and oxygen atoms in total. The summed E-state index contributed by atoms with van der Waals surface area (Å²) in [5.74, 6) is -0.0777. The summed E-state index contributed by atoms with van der Waals surface area (Å²) in [6.07, 6.45) is 0.671. The molecular formula is C16H13BrN2O2. The SMILES string of the molecule is O=C(Cc1ccc2c(c1)CC(=O)N2)Nc1cccc(Br)c1. The largest absolute Gasteiger partial charge is 0.326 e. The fraction of sp³-hybridized carbons (Fsp3) is 0.125. The van der Waals surface area contributed by atoms with Gasteiger partial charge in [0.05, 0.1) is 12.8 Å². The van der Waals surface area contributed by atoms with Crippen LogP contribution in [0.3, 0.4) is 0 Å². The molecule has 3 rings (SSSR count). The van der Waals surface area contributed by atoms with Crippen LogP contribution in [-0.4, -0.2) is 11.8 Å². The number of halogens is 1. The van der Waals surface area contributed by atoms with E-state index in [4.69, 9.17) is 0 Å². The highest BCUT2D eigenvalue weighted by molar-refractivity contribution is 9.10. The lowest BCUT2D eigenvalue weighted by Gasteiger charge is -2.07. The summed E-state index contributed by atoms with van der Waals surface area (Å²) < 4.78 is 0.919. The third-order valence-corrected chi connectivity index (χ3v) is 3.76. The normalized spacial score (nSPS) is 12.7. The molecule has 0 spiro atoms. The fourth-order valence-electron chi connectivity index (χ4n) is 2.35. The molecule has 2 N–H and O–H groups in total. The second-order valence-corrected chi connectivity index (χ2v) is 5.87. The predicted octanol–water partition coefficient (Wildman–Crippen LogP) is 3.12. The van der Waals surface area contributed by atoms with Crippen molar-refractivity contribution < 1.29 is 9.59 Å². The number of amides is 2. The van der Waals surface area contributed by atoms with Gasteiger partial charge in [0.15, 0.2) is 0 Å². The van der Waals surface area contributed by atoms with E-state index in [1.165, 1.54) is 0 Å². The Morgan fingerprint density at radius 2 is 2.10 bits per heavy atom. The van der Waals surface area contributed by atoms with Crippen LogP contribution in [0, 0.1) is 0 Å². The molecule has 2 aromatic rings. The van der Waals surface area contributed by atoms with Crippen LogP contribution in [0.25, 0.3) is 0 Å². The fourth-order valence-corrected chi connectivity index (χ4v) is 2.75. The zero-order valence-electron chi connectivity index (χ0n) is 11.2. The van der Waals surface area contributed by atoms with Crippen LogP contribution in [0.15, 0.2) is 46.9 Å². The summed E-state index contributed by atoms with van der Waals surface area (Å²) in [7, 11) is 0. The van der Waals surface area contributed by atoms with E-state index < -0.39 is 0 Å². The van der Waals surface area contributed by atoms with Crippen molar-refractivity contribution in [3.05, 3.63) is 58.1 Å². The zero-order chi connectivity index (χ0) is 14.8. The van der Waals surface area contributed by atoms with Crippen molar-refractivity contribution in [1.82, 2.24) is 0 Å². The quantitative estimate of drug-likeness (QED) is 0.898. The van der Waals surface area contributed by atoms with E-state index >= 15 is 0 Å². The molecule has 0 atom stereocenters. The summed E-state index contributed by atoms with van der Waals surface area (Å²) in [6, 6.07) is 13.1. The summed E-state index contributed by atoms with van der Waals surface area (Å²) >= 11 is 3.37. The maximum Gasteiger partial charge on any atom is 0.228 e. The zero-order valence-corrected chi connectivity index (χ0v) is 12.7. The maximum atomic E-state index is 12.0. The van der Waals surface area contributed by atoms with Crippen molar-refractivity contribution in [1.29, 1.82) is 0 Å². The minimum Gasteiger partial charge on any atom is -0.326 e. The van der Waals surface area contributed by atoms with Crippen LogP contribution in [0.2, 0.25) is 0 Å². The van der Waals surface area contributed by atoms with Gasteiger partial charge in [-0.2, -0.15) is 0 Å². The summed E-state index contributed by atoms with van der Waals surface area (Å²) in [4.78, 5) is 23.4. The third-order valence-electron chi connectivity index (χ3n) is 3.27. The number of nitrogens with one attached hydrogen (secondary N) is 2. The summed E-state index contributed by atoms with van der Waals surface area (Å²) in [5.41, 5.74) is 3.45. The van der Waals surface area contributed by atoms with Gasteiger partial charge in [0.25, 0.3) is 0 Å². The number of hydrogen-bond acceptors (Lipinski definition) is 2. The van der Waals surface area contributed by atoms with Crippen molar-refractivity contribution in [2.75, 3.05) is 10.6 Å². The molecule has 106 valence electrons. The van der Waals surface area contributed by atoms with E-state index in [0.29, 0.717) is 6.42 Å². The Hall–Kier alpha value is -2.14. The van der Waals surface area contributed by atoms with Crippen molar-refractivity contribution >= 4 is 39.1 Å². The van der Waals surface area contributed by atoms with Crippen LogP contribution in [0.4, 0.5) is 11.4 Å². The van der Waals surface area contributed by atoms with Crippen molar-refractivity contribution in [3.8, 4) is 0 Å². The first-order valence-electron chi connectivity index (χ1n) is 6.57. The van der Waals surface area contributed by atoms with Gasteiger partial charge < -0.3 is 10.6 Å². The third kappa shape index (κ3) is 3.31. The first-order valence-corrected chi connectivity index (χ1v) is 7.36. The predicted molar refractivity (Wildman–Crippen MR) is 85.3 cm³/mol. The van der Waals surface area contributed by atoms with Gasteiger partial charge in [-0.1, -0.05) is 34.1 Å². The van der Waals surface area contributed by atoms with Crippen LogP contribution in [-0.2, 0) is 22.4 Å². The average Bonchev–Trinajstić information content (AvgIpc) is 2.78. The van der Waals surface area contributed by atoms with Crippen LogP contribution >= 0.6 is 15.9 Å². The molecule has 2 amide bonds. The summed E-state index contributed by atoms with van der Waals surface area (Å²) in [5, 5.41) is 5.64. The van der Waals surface area contributed by atoms with Gasteiger partial charge in [-0.3, -0.25) is 9.59 Å². The number of rotatable bonds is 3. The molecular weight excluding hydrogens is 332 g/mol. The van der Waals surface area contributed by atoms with E-state index in [1.807, 2.05) is 42.5 Å². The standard InChI is InChI=1S/C16H13BrN2O2/c17-12-2-1-3-13(9-12)18-15(20)7-10-4-5-14-11(6-10)8-16(21)19-14/h1-6,9H,7-8H2,(H,18,20)(H,19,21). The Morgan fingerprint density at radius 3 is 2.90 bits per heavy atom. The second-order valence-electron chi connectivity index (χ2n) is 4.95.